The highest BCUT2D eigenvalue weighted by atomic mass is 19.1. The van der Waals surface area contributed by atoms with E-state index in [4.69, 9.17) is 9.47 Å². The van der Waals surface area contributed by atoms with Gasteiger partial charge in [0.1, 0.15) is 17.3 Å². The predicted octanol–water partition coefficient (Wildman–Crippen LogP) is 4.16. The Hall–Kier alpha value is -2.89. The van der Waals surface area contributed by atoms with Crippen molar-refractivity contribution in [2.45, 2.75) is 0 Å². The fraction of sp³-hybridized carbons (Fsp3) is 0.0625. The molecule has 0 saturated carbocycles. The lowest BCUT2D eigenvalue weighted by Gasteiger charge is -2.14. The summed E-state index contributed by atoms with van der Waals surface area (Å²) in [5.74, 6) is -0.600. The standard InChI is InChI=1S/C16H12F2N2O2/c1-21-14-3-2-4-15(16(14)12-7-8-19-20-12)22-13-6-5-10(17)9-11(13)18/h2-9H,1H3,(H,19,20). The van der Waals surface area contributed by atoms with Gasteiger partial charge in [-0.25, -0.2) is 8.78 Å². The van der Waals surface area contributed by atoms with Crippen LogP contribution in [-0.4, -0.2) is 17.3 Å². The number of nitrogens with zero attached hydrogens (tertiary/aromatic N) is 1. The third kappa shape index (κ3) is 2.63. The lowest BCUT2D eigenvalue weighted by molar-refractivity contribution is 0.407. The molecule has 0 saturated heterocycles. The largest absolute Gasteiger partial charge is 0.496 e. The van der Waals surface area contributed by atoms with E-state index in [0.717, 1.165) is 12.1 Å². The Morgan fingerprint density at radius 3 is 2.50 bits per heavy atom. The zero-order chi connectivity index (χ0) is 15.5. The van der Waals surface area contributed by atoms with E-state index in [1.54, 1.807) is 30.5 Å². The highest BCUT2D eigenvalue weighted by Crippen LogP contribution is 2.39. The van der Waals surface area contributed by atoms with Gasteiger partial charge < -0.3 is 9.47 Å². The van der Waals surface area contributed by atoms with Gasteiger partial charge in [-0.1, -0.05) is 6.07 Å². The third-order valence-electron chi connectivity index (χ3n) is 3.09. The van der Waals surface area contributed by atoms with E-state index in [1.807, 2.05) is 0 Å². The minimum atomic E-state index is -0.779. The number of H-pyrrole nitrogens is 1. The fourth-order valence-corrected chi connectivity index (χ4v) is 2.10. The molecule has 0 atom stereocenters. The van der Waals surface area contributed by atoms with E-state index >= 15 is 0 Å². The first-order valence-corrected chi connectivity index (χ1v) is 6.48. The first-order chi connectivity index (χ1) is 10.7. The van der Waals surface area contributed by atoms with Crippen molar-refractivity contribution in [3.63, 3.8) is 0 Å². The molecule has 1 aromatic heterocycles. The molecule has 0 amide bonds. The van der Waals surface area contributed by atoms with Crippen molar-refractivity contribution >= 4 is 0 Å². The molecule has 0 unspecified atom stereocenters. The number of nitrogens with one attached hydrogen (secondary N) is 1. The van der Waals surface area contributed by atoms with Gasteiger partial charge in [0.25, 0.3) is 0 Å². The van der Waals surface area contributed by atoms with Gasteiger partial charge in [0.15, 0.2) is 11.6 Å². The van der Waals surface area contributed by atoms with Crippen molar-refractivity contribution in [1.29, 1.82) is 0 Å². The molecule has 3 rings (SSSR count). The van der Waals surface area contributed by atoms with Crippen molar-refractivity contribution in [2.75, 3.05) is 7.11 Å². The van der Waals surface area contributed by atoms with Gasteiger partial charge in [-0.3, -0.25) is 5.10 Å². The van der Waals surface area contributed by atoms with E-state index in [-0.39, 0.29) is 5.75 Å². The molecule has 0 fully saturated rings. The number of halogens is 2. The number of benzene rings is 2. The molecule has 0 aliphatic rings. The van der Waals surface area contributed by atoms with Crippen molar-refractivity contribution in [1.82, 2.24) is 10.2 Å². The number of hydrogen-bond acceptors (Lipinski definition) is 3. The summed E-state index contributed by atoms with van der Waals surface area (Å²) in [5.41, 5.74) is 1.26. The number of methoxy groups -OCH3 is 1. The quantitative estimate of drug-likeness (QED) is 0.787. The van der Waals surface area contributed by atoms with E-state index < -0.39 is 11.6 Å². The van der Waals surface area contributed by atoms with E-state index in [9.17, 15) is 8.78 Å². The Morgan fingerprint density at radius 2 is 1.82 bits per heavy atom. The lowest BCUT2D eigenvalue weighted by Crippen LogP contribution is -1.95. The lowest BCUT2D eigenvalue weighted by atomic mass is 10.1. The number of hydrogen-bond donors (Lipinski definition) is 1. The molecule has 2 aromatic carbocycles. The zero-order valence-corrected chi connectivity index (χ0v) is 11.6. The molecule has 0 spiro atoms. The van der Waals surface area contributed by atoms with Crippen molar-refractivity contribution < 1.29 is 18.3 Å². The summed E-state index contributed by atoms with van der Waals surface area (Å²) in [5, 5.41) is 6.71. The minimum absolute atomic E-state index is 0.0737. The van der Waals surface area contributed by atoms with Gasteiger partial charge in [-0.05, 0) is 30.3 Å². The highest BCUT2D eigenvalue weighted by molar-refractivity contribution is 5.74. The number of aromatic amines is 1. The molecular weight excluding hydrogens is 290 g/mol. The summed E-state index contributed by atoms with van der Waals surface area (Å²) in [4.78, 5) is 0. The molecule has 112 valence electrons. The maximum atomic E-state index is 13.8. The van der Waals surface area contributed by atoms with Crippen LogP contribution in [0, 0.1) is 11.6 Å². The second-order valence-corrected chi connectivity index (χ2v) is 4.48. The first-order valence-electron chi connectivity index (χ1n) is 6.48. The summed E-state index contributed by atoms with van der Waals surface area (Å²) in [6, 6.07) is 10.0. The minimum Gasteiger partial charge on any atom is -0.496 e. The number of ether oxygens (including phenoxy) is 2. The maximum Gasteiger partial charge on any atom is 0.168 e. The molecule has 1 heterocycles. The molecule has 1 N–H and O–H groups in total. The van der Waals surface area contributed by atoms with E-state index in [0.29, 0.717) is 22.8 Å². The van der Waals surface area contributed by atoms with Crippen LogP contribution < -0.4 is 9.47 Å². The molecule has 22 heavy (non-hydrogen) atoms. The van der Waals surface area contributed by atoms with Crippen LogP contribution in [0.15, 0.2) is 48.7 Å². The predicted molar refractivity (Wildman–Crippen MR) is 77.0 cm³/mol. The van der Waals surface area contributed by atoms with Gasteiger partial charge in [0.2, 0.25) is 0 Å². The highest BCUT2D eigenvalue weighted by Gasteiger charge is 2.16. The normalized spacial score (nSPS) is 10.5. The van der Waals surface area contributed by atoms with Gasteiger partial charge in [-0.15, -0.1) is 0 Å². The van der Waals surface area contributed by atoms with Crippen LogP contribution in [0.1, 0.15) is 0 Å². The van der Waals surface area contributed by atoms with Gasteiger partial charge in [-0.2, -0.15) is 5.10 Å². The second-order valence-electron chi connectivity index (χ2n) is 4.48. The van der Waals surface area contributed by atoms with Crippen LogP contribution in [0.3, 0.4) is 0 Å². The molecule has 4 nitrogen and oxygen atoms in total. The zero-order valence-electron chi connectivity index (χ0n) is 11.6. The average Bonchev–Trinajstić information content (AvgIpc) is 3.03. The molecule has 0 aliphatic carbocycles. The fourth-order valence-electron chi connectivity index (χ4n) is 2.10. The van der Waals surface area contributed by atoms with Crippen LogP contribution in [0.4, 0.5) is 8.78 Å². The van der Waals surface area contributed by atoms with Crippen LogP contribution >= 0.6 is 0 Å². The Balaban J connectivity index is 2.07. The summed E-state index contributed by atoms with van der Waals surface area (Å²) in [6.07, 6.45) is 1.59. The van der Waals surface area contributed by atoms with E-state index in [2.05, 4.69) is 10.2 Å². The summed E-state index contributed by atoms with van der Waals surface area (Å²) in [7, 11) is 1.53. The SMILES string of the molecule is COc1cccc(Oc2ccc(F)cc2F)c1-c1ccn[nH]1. The molecular formula is C16H12F2N2O2. The summed E-state index contributed by atoms with van der Waals surface area (Å²) in [6.45, 7) is 0. The van der Waals surface area contributed by atoms with E-state index in [1.165, 1.54) is 13.2 Å². The third-order valence-corrected chi connectivity index (χ3v) is 3.09. The van der Waals surface area contributed by atoms with Gasteiger partial charge in [0, 0.05) is 12.3 Å². The average molecular weight is 302 g/mol. The second kappa shape index (κ2) is 5.85. The maximum absolute atomic E-state index is 13.8. The van der Waals surface area contributed by atoms with Gasteiger partial charge >= 0.3 is 0 Å². The van der Waals surface area contributed by atoms with Crippen molar-refractivity contribution in [3.05, 3.63) is 60.3 Å². The van der Waals surface area contributed by atoms with Crippen molar-refractivity contribution in [3.8, 4) is 28.5 Å². The Bertz CT molecular complexity index is 789. The molecule has 0 aliphatic heterocycles. The first kappa shape index (κ1) is 14.1. The smallest absolute Gasteiger partial charge is 0.168 e. The Morgan fingerprint density at radius 1 is 1.00 bits per heavy atom. The Labute approximate surface area is 125 Å². The number of aromatic nitrogens is 2. The molecule has 0 bridgehead atoms. The Kier molecular flexibility index (Phi) is 3.74. The number of rotatable bonds is 4. The van der Waals surface area contributed by atoms with Crippen LogP contribution in [0.5, 0.6) is 17.2 Å². The summed E-state index contributed by atoms with van der Waals surface area (Å²) < 4.78 is 37.7. The topological polar surface area (TPSA) is 47.1 Å². The van der Waals surface area contributed by atoms with Crippen molar-refractivity contribution in [2.24, 2.45) is 0 Å². The molecule has 0 radical (unpaired) electrons. The molecule has 3 aromatic rings. The summed E-state index contributed by atoms with van der Waals surface area (Å²) >= 11 is 0. The monoisotopic (exact) mass is 302 g/mol. The van der Waals surface area contributed by atoms with Gasteiger partial charge in [0.05, 0.1) is 18.4 Å². The molecule has 6 heteroatoms. The van der Waals surface area contributed by atoms with Crippen LogP contribution in [-0.2, 0) is 0 Å². The van der Waals surface area contributed by atoms with Crippen LogP contribution in [0.2, 0.25) is 0 Å². The van der Waals surface area contributed by atoms with Crippen LogP contribution in [0.25, 0.3) is 11.3 Å².